The summed E-state index contributed by atoms with van der Waals surface area (Å²) in [5, 5.41) is 3.19. The van der Waals surface area contributed by atoms with E-state index in [0.717, 1.165) is 44.6 Å². The van der Waals surface area contributed by atoms with E-state index >= 15 is 0 Å². The molecule has 0 radical (unpaired) electrons. The predicted molar refractivity (Wildman–Crippen MR) is 95.5 cm³/mol. The number of amides is 2. The molecular weight excluding hydrogens is 300 g/mol. The summed E-state index contributed by atoms with van der Waals surface area (Å²) in [6.07, 6.45) is 13.9. The van der Waals surface area contributed by atoms with Crippen LogP contribution in [0.15, 0.2) is 0 Å². The number of likely N-dealkylation sites (tertiary alicyclic amines) is 1. The lowest BCUT2D eigenvalue weighted by Gasteiger charge is -2.40. The molecule has 2 unspecified atom stereocenters. The average Bonchev–Trinajstić information content (AvgIpc) is 3.42. The number of rotatable bonds is 6. The Kier molecular flexibility index (Phi) is 6.18. The summed E-state index contributed by atoms with van der Waals surface area (Å²) in [4.78, 5) is 26.7. The van der Waals surface area contributed by atoms with E-state index in [9.17, 15) is 9.59 Å². The van der Waals surface area contributed by atoms with Gasteiger partial charge in [0.2, 0.25) is 11.8 Å². The zero-order chi connectivity index (χ0) is 16.9. The summed E-state index contributed by atoms with van der Waals surface area (Å²) in [5.74, 6) is 1.61. The molecular formula is C20H34N2O2. The van der Waals surface area contributed by atoms with Gasteiger partial charge in [-0.2, -0.15) is 0 Å². The second kappa shape index (κ2) is 8.35. The van der Waals surface area contributed by atoms with Gasteiger partial charge in [0.25, 0.3) is 0 Å². The van der Waals surface area contributed by atoms with Gasteiger partial charge < -0.3 is 10.2 Å². The fraction of sp³-hybridized carbons (Fsp3) is 0.900. The van der Waals surface area contributed by atoms with Crippen LogP contribution in [0, 0.1) is 11.8 Å². The van der Waals surface area contributed by atoms with E-state index in [4.69, 9.17) is 0 Å². The number of nitrogens with zero attached hydrogens (tertiary/aromatic N) is 1. The Hall–Kier alpha value is -1.06. The normalized spacial score (nSPS) is 28.6. The Morgan fingerprint density at radius 1 is 1.00 bits per heavy atom. The van der Waals surface area contributed by atoms with Crippen LogP contribution in [0.4, 0.5) is 0 Å². The van der Waals surface area contributed by atoms with Gasteiger partial charge in [-0.3, -0.25) is 9.59 Å². The van der Waals surface area contributed by atoms with Crippen LogP contribution in [-0.4, -0.2) is 35.3 Å². The SMILES string of the molecule is CC1C(NC(=O)C2CC2)CCCN1C(=O)CCCC1CCCCC1. The quantitative estimate of drug-likeness (QED) is 0.806. The lowest BCUT2D eigenvalue weighted by molar-refractivity contribution is -0.136. The minimum absolute atomic E-state index is 0.142. The fourth-order valence-corrected chi connectivity index (χ4v) is 4.50. The summed E-state index contributed by atoms with van der Waals surface area (Å²) in [5.41, 5.74) is 0. The topological polar surface area (TPSA) is 49.4 Å². The highest BCUT2D eigenvalue weighted by Crippen LogP contribution is 2.30. The van der Waals surface area contributed by atoms with Gasteiger partial charge in [-0.05, 0) is 51.4 Å². The van der Waals surface area contributed by atoms with Crippen LogP contribution in [-0.2, 0) is 9.59 Å². The summed E-state index contributed by atoms with van der Waals surface area (Å²) in [7, 11) is 0. The molecule has 3 aliphatic rings. The van der Waals surface area contributed by atoms with E-state index in [0.29, 0.717) is 12.3 Å². The number of nitrogens with one attached hydrogen (secondary N) is 1. The monoisotopic (exact) mass is 334 g/mol. The molecule has 2 atom stereocenters. The maximum absolute atomic E-state index is 12.6. The van der Waals surface area contributed by atoms with E-state index in [2.05, 4.69) is 12.2 Å². The molecule has 4 nitrogen and oxygen atoms in total. The van der Waals surface area contributed by atoms with Crippen molar-refractivity contribution in [3.05, 3.63) is 0 Å². The van der Waals surface area contributed by atoms with Crippen molar-refractivity contribution in [1.82, 2.24) is 10.2 Å². The molecule has 2 aliphatic carbocycles. The molecule has 3 rings (SSSR count). The van der Waals surface area contributed by atoms with Gasteiger partial charge in [0.15, 0.2) is 0 Å². The first-order valence-electron chi connectivity index (χ1n) is 10.2. The summed E-state index contributed by atoms with van der Waals surface area (Å²) >= 11 is 0. The molecule has 1 N–H and O–H groups in total. The first-order chi connectivity index (χ1) is 11.6. The molecule has 0 aromatic carbocycles. The second-order valence-electron chi connectivity index (χ2n) is 8.26. The zero-order valence-electron chi connectivity index (χ0n) is 15.3. The molecule has 24 heavy (non-hydrogen) atoms. The first-order valence-corrected chi connectivity index (χ1v) is 10.2. The molecule has 1 heterocycles. The number of piperidine rings is 1. The van der Waals surface area contributed by atoms with Crippen LogP contribution in [0.1, 0.15) is 84.0 Å². The number of carbonyl (C=O) groups excluding carboxylic acids is 2. The standard InChI is InChI=1S/C20H34N2O2/c1-15-18(21-20(24)17-12-13-17)10-6-14-22(15)19(23)11-5-9-16-7-3-2-4-8-16/h15-18H,2-14H2,1H3,(H,21,24). The van der Waals surface area contributed by atoms with Crippen molar-refractivity contribution in [3.8, 4) is 0 Å². The van der Waals surface area contributed by atoms with E-state index in [-0.39, 0.29) is 23.9 Å². The Morgan fingerprint density at radius 3 is 2.46 bits per heavy atom. The largest absolute Gasteiger partial charge is 0.351 e. The lowest BCUT2D eigenvalue weighted by Crippen LogP contribution is -2.55. The first kappa shape index (κ1) is 17.8. The van der Waals surface area contributed by atoms with E-state index in [1.807, 2.05) is 4.90 Å². The molecule has 136 valence electrons. The number of carbonyl (C=O) groups is 2. The van der Waals surface area contributed by atoms with Crippen LogP contribution in [0.5, 0.6) is 0 Å². The molecule has 1 saturated heterocycles. The average molecular weight is 335 g/mol. The molecule has 1 aliphatic heterocycles. The van der Waals surface area contributed by atoms with Gasteiger partial charge in [0, 0.05) is 31.0 Å². The minimum atomic E-state index is 0.142. The molecule has 0 spiro atoms. The van der Waals surface area contributed by atoms with Gasteiger partial charge in [-0.15, -0.1) is 0 Å². The summed E-state index contributed by atoms with van der Waals surface area (Å²) in [6.45, 7) is 2.97. The van der Waals surface area contributed by atoms with Gasteiger partial charge in [0.05, 0.1) is 0 Å². The third-order valence-corrected chi connectivity index (χ3v) is 6.31. The Bertz CT molecular complexity index is 441. The fourth-order valence-electron chi connectivity index (χ4n) is 4.50. The number of hydrogen-bond donors (Lipinski definition) is 1. The summed E-state index contributed by atoms with van der Waals surface area (Å²) < 4.78 is 0. The maximum Gasteiger partial charge on any atom is 0.223 e. The van der Waals surface area contributed by atoms with Gasteiger partial charge in [-0.25, -0.2) is 0 Å². The van der Waals surface area contributed by atoms with Crippen molar-refractivity contribution in [2.45, 2.75) is 96.1 Å². The predicted octanol–water partition coefficient (Wildman–Crippen LogP) is 3.64. The van der Waals surface area contributed by atoms with Gasteiger partial charge >= 0.3 is 0 Å². The Balaban J connectivity index is 1.41. The van der Waals surface area contributed by atoms with Crippen LogP contribution in [0.2, 0.25) is 0 Å². The number of hydrogen-bond acceptors (Lipinski definition) is 2. The van der Waals surface area contributed by atoms with Crippen LogP contribution >= 0.6 is 0 Å². The van der Waals surface area contributed by atoms with Crippen molar-refractivity contribution in [2.75, 3.05) is 6.54 Å². The minimum Gasteiger partial charge on any atom is -0.351 e. The Labute approximate surface area is 146 Å². The lowest BCUT2D eigenvalue weighted by atomic mass is 9.85. The zero-order valence-corrected chi connectivity index (χ0v) is 15.3. The van der Waals surface area contributed by atoms with Crippen molar-refractivity contribution < 1.29 is 9.59 Å². The third-order valence-electron chi connectivity index (χ3n) is 6.31. The van der Waals surface area contributed by atoms with Crippen molar-refractivity contribution in [1.29, 1.82) is 0 Å². The highest BCUT2D eigenvalue weighted by Gasteiger charge is 2.35. The van der Waals surface area contributed by atoms with E-state index < -0.39 is 0 Å². The van der Waals surface area contributed by atoms with Gasteiger partial charge in [0.1, 0.15) is 0 Å². The molecule has 0 aromatic heterocycles. The highest BCUT2D eigenvalue weighted by atomic mass is 16.2. The molecule has 0 aromatic rings. The second-order valence-corrected chi connectivity index (χ2v) is 8.26. The molecule has 3 fully saturated rings. The molecule has 2 saturated carbocycles. The third kappa shape index (κ3) is 4.73. The van der Waals surface area contributed by atoms with Crippen molar-refractivity contribution in [2.24, 2.45) is 11.8 Å². The smallest absolute Gasteiger partial charge is 0.223 e. The van der Waals surface area contributed by atoms with Crippen molar-refractivity contribution >= 4 is 11.8 Å². The van der Waals surface area contributed by atoms with Crippen molar-refractivity contribution in [3.63, 3.8) is 0 Å². The Morgan fingerprint density at radius 2 is 1.75 bits per heavy atom. The van der Waals surface area contributed by atoms with Crippen LogP contribution in [0.3, 0.4) is 0 Å². The summed E-state index contributed by atoms with van der Waals surface area (Å²) in [6, 6.07) is 0.290. The van der Waals surface area contributed by atoms with Crippen LogP contribution in [0.25, 0.3) is 0 Å². The van der Waals surface area contributed by atoms with Gasteiger partial charge in [-0.1, -0.05) is 32.1 Å². The maximum atomic E-state index is 12.6. The van der Waals surface area contributed by atoms with Crippen LogP contribution < -0.4 is 5.32 Å². The highest BCUT2D eigenvalue weighted by molar-refractivity contribution is 5.81. The molecule has 0 bridgehead atoms. The molecule has 2 amide bonds. The van der Waals surface area contributed by atoms with E-state index in [1.165, 1.54) is 38.5 Å². The molecule has 4 heteroatoms. The van der Waals surface area contributed by atoms with E-state index in [1.54, 1.807) is 0 Å².